The van der Waals surface area contributed by atoms with Crippen LogP contribution in [0.1, 0.15) is 43.5 Å². The molecule has 1 heterocycles. The van der Waals surface area contributed by atoms with E-state index in [0.29, 0.717) is 0 Å². The zero-order valence-electron chi connectivity index (χ0n) is 13.2. The maximum absolute atomic E-state index is 12.3. The molecule has 1 aromatic carbocycles. The number of non-ortho nitro benzene ring substituents is 1. The van der Waals surface area contributed by atoms with E-state index in [4.69, 9.17) is 4.74 Å². The number of esters is 1. The van der Waals surface area contributed by atoms with Crippen LogP contribution in [-0.4, -0.2) is 40.4 Å². The Labute approximate surface area is 134 Å². The summed E-state index contributed by atoms with van der Waals surface area (Å²) in [7, 11) is 0. The van der Waals surface area contributed by atoms with Crippen LogP contribution in [0.5, 0.6) is 0 Å². The van der Waals surface area contributed by atoms with Crippen LogP contribution in [0, 0.1) is 10.1 Å². The first-order valence-electron chi connectivity index (χ1n) is 7.63. The van der Waals surface area contributed by atoms with Gasteiger partial charge in [-0.05, 0) is 45.2 Å². The van der Waals surface area contributed by atoms with Crippen LogP contribution in [-0.2, 0) is 9.53 Å². The lowest BCUT2D eigenvalue weighted by Gasteiger charge is -2.38. The summed E-state index contributed by atoms with van der Waals surface area (Å²) in [6.45, 7) is 3.67. The Balaban J connectivity index is 1.93. The number of rotatable bonds is 4. The molecule has 1 saturated heterocycles. The number of ether oxygens (including phenoxy) is 1. The number of nitrogens with zero attached hydrogens (tertiary/aromatic N) is 2. The van der Waals surface area contributed by atoms with Crippen molar-refractivity contribution in [1.29, 1.82) is 0 Å². The van der Waals surface area contributed by atoms with E-state index >= 15 is 0 Å². The molecule has 124 valence electrons. The maximum Gasteiger partial charge on any atom is 0.338 e. The number of nitro groups is 1. The minimum absolute atomic E-state index is 0.103. The highest BCUT2D eigenvalue weighted by atomic mass is 16.6. The largest absolute Gasteiger partial charge is 0.452 e. The highest BCUT2D eigenvalue weighted by molar-refractivity contribution is 5.91. The number of carbonyl (C=O) groups is 2. The molecule has 7 heteroatoms. The molecule has 0 unspecified atom stereocenters. The second-order valence-electron chi connectivity index (χ2n) is 5.81. The van der Waals surface area contributed by atoms with Gasteiger partial charge in [0.05, 0.1) is 10.5 Å². The van der Waals surface area contributed by atoms with E-state index in [0.717, 1.165) is 19.3 Å². The first-order valence-corrected chi connectivity index (χ1v) is 7.63. The molecule has 1 amide bonds. The molecule has 2 rings (SSSR count). The van der Waals surface area contributed by atoms with Crippen LogP contribution in [0.2, 0.25) is 0 Å². The maximum atomic E-state index is 12.3. The fourth-order valence-corrected chi connectivity index (χ4v) is 2.92. The van der Waals surface area contributed by atoms with Crippen molar-refractivity contribution in [3.63, 3.8) is 0 Å². The molecular weight excluding hydrogens is 300 g/mol. The average molecular weight is 320 g/mol. The number of benzene rings is 1. The number of carbonyl (C=O) groups excluding carboxylic acids is 2. The van der Waals surface area contributed by atoms with Gasteiger partial charge in [-0.1, -0.05) is 0 Å². The molecule has 0 radical (unpaired) electrons. The number of hydrogen-bond acceptors (Lipinski definition) is 5. The average Bonchev–Trinajstić information content (AvgIpc) is 2.52. The van der Waals surface area contributed by atoms with Crippen molar-refractivity contribution in [3.8, 4) is 0 Å². The lowest BCUT2D eigenvalue weighted by Crippen LogP contribution is -2.49. The summed E-state index contributed by atoms with van der Waals surface area (Å²) in [5.41, 5.74) is 0.0803. The van der Waals surface area contributed by atoms with Gasteiger partial charge in [0.2, 0.25) is 0 Å². The van der Waals surface area contributed by atoms with E-state index in [1.807, 2.05) is 13.8 Å². The Bertz CT molecular complexity index is 589. The van der Waals surface area contributed by atoms with Gasteiger partial charge in [0.15, 0.2) is 6.61 Å². The van der Waals surface area contributed by atoms with Gasteiger partial charge < -0.3 is 9.64 Å². The summed E-state index contributed by atoms with van der Waals surface area (Å²) in [5.74, 6) is -0.870. The molecule has 0 saturated carbocycles. The number of amides is 1. The van der Waals surface area contributed by atoms with Crippen LogP contribution in [0.4, 0.5) is 5.69 Å². The fraction of sp³-hybridized carbons (Fsp3) is 0.500. The highest BCUT2D eigenvalue weighted by Crippen LogP contribution is 2.22. The lowest BCUT2D eigenvalue weighted by molar-refractivity contribution is -0.384. The summed E-state index contributed by atoms with van der Waals surface area (Å²) in [6, 6.07) is 5.38. The number of nitro benzene ring substituents is 1. The van der Waals surface area contributed by atoms with E-state index in [9.17, 15) is 19.7 Å². The van der Waals surface area contributed by atoms with Gasteiger partial charge in [0.1, 0.15) is 0 Å². The molecule has 0 aliphatic carbocycles. The monoisotopic (exact) mass is 320 g/mol. The standard InChI is InChI=1S/C16H20N2O5/c1-11-4-3-5-12(2)17(11)15(19)10-23-16(20)13-6-8-14(9-7-13)18(21)22/h6-9,11-12H,3-5,10H2,1-2H3/t11-,12+. The number of likely N-dealkylation sites (tertiary alicyclic amines) is 1. The third-order valence-corrected chi connectivity index (χ3v) is 4.12. The predicted molar refractivity (Wildman–Crippen MR) is 83.0 cm³/mol. The zero-order valence-corrected chi connectivity index (χ0v) is 13.2. The molecule has 7 nitrogen and oxygen atoms in total. The van der Waals surface area contributed by atoms with Crippen molar-refractivity contribution < 1.29 is 19.2 Å². The predicted octanol–water partition coefficient (Wildman–Crippen LogP) is 2.54. The highest BCUT2D eigenvalue weighted by Gasteiger charge is 2.29. The summed E-state index contributed by atoms with van der Waals surface area (Å²) >= 11 is 0. The number of hydrogen-bond donors (Lipinski definition) is 0. The van der Waals surface area contributed by atoms with Crippen LogP contribution in [0.25, 0.3) is 0 Å². The summed E-state index contributed by atoms with van der Waals surface area (Å²) in [4.78, 5) is 36.0. The van der Waals surface area contributed by atoms with Gasteiger partial charge in [0, 0.05) is 24.2 Å². The van der Waals surface area contributed by atoms with E-state index < -0.39 is 10.9 Å². The zero-order chi connectivity index (χ0) is 17.0. The molecule has 1 aromatic rings. The van der Waals surface area contributed by atoms with E-state index in [2.05, 4.69) is 0 Å². The first kappa shape index (κ1) is 16.9. The van der Waals surface area contributed by atoms with Gasteiger partial charge in [-0.25, -0.2) is 4.79 Å². The lowest BCUT2D eigenvalue weighted by atomic mass is 9.97. The first-order chi connectivity index (χ1) is 10.9. The quantitative estimate of drug-likeness (QED) is 0.483. The van der Waals surface area contributed by atoms with Crippen molar-refractivity contribution in [1.82, 2.24) is 4.90 Å². The Kier molecular flexibility index (Phi) is 5.31. The van der Waals surface area contributed by atoms with Crippen LogP contribution in [0.15, 0.2) is 24.3 Å². The van der Waals surface area contributed by atoms with Crippen molar-refractivity contribution >= 4 is 17.6 Å². The smallest absolute Gasteiger partial charge is 0.338 e. The molecule has 0 aromatic heterocycles. The Morgan fingerprint density at radius 2 is 1.78 bits per heavy atom. The summed E-state index contributed by atoms with van der Waals surface area (Å²) in [6.07, 6.45) is 2.99. The van der Waals surface area contributed by atoms with Crippen molar-refractivity contribution in [2.45, 2.75) is 45.2 Å². The van der Waals surface area contributed by atoms with Gasteiger partial charge in [0.25, 0.3) is 11.6 Å². The third kappa shape index (κ3) is 4.06. The van der Waals surface area contributed by atoms with Crippen LogP contribution >= 0.6 is 0 Å². The normalized spacial score (nSPS) is 20.9. The summed E-state index contributed by atoms with van der Waals surface area (Å²) < 4.78 is 5.04. The van der Waals surface area contributed by atoms with Gasteiger partial charge in [-0.15, -0.1) is 0 Å². The fourth-order valence-electron chi connectivity index (χ4n) is 2.92. The second-order valence-corrected chi connectivity index (χ2v) is 5.81. The molecule has 0 N–H and O–H groups in total. The second kappa shape index (κ2) is 7.21. The summed E-state index contributed by atoms with van der Waals surface area (Å²) in [5, 5.41) is 10.6. The van der Waals surface area contributed by atoms with E-state index in [-0.39, 0.29) is 35.8 Å². The Morgan fingerprint density at radius 1 is 1.22 bits per heavy atom. The third-order valence-electron chi connectivity index (χ3n) is 4.12. The minimum atomic E-state index is -0.662. The van der Waals surface area contributed by atoms with E-state index in [1.165, 1.54) is 24.3 Å². The molecule has 2 atom stereocenters. The molecule has 0 spiro atoms. The molecule has 1 fully saturated rings. The topological polar surface area (TPSA) is 89.8 Å². The molecule has 23 heavy (non-hydrogen) atoms. The number of piperidine rings is 1. The Morgan fingerprint density at radius 3 is 2.30 bits per heavy atom. The molecule has 1 aliphatic heterocycles. The van der Waals surface area contributed by atoms with Crippen molar-refractivity contribution in [3.05, 3.63) is 39.9 Å². The van der Waals surface area contributed by atoms with E-state index in [1.54, 1.807) is 4.90 Å². The molecular formula is C16H20N2O5. The van der Waals surface area contributed by atoms with Gasteiger partial charge in [-0.3, -0.25) is 14.9 Å². The minimum Gasteiger partial charge on any atom is -0.452 e. The van der Waals surface area contributed by atoms with Gasteiger partial charge in [-0.2, -0.15) is 0 Å². The SMILES string of the molecule is C[C@@H]1CCC[C@H](C)N1C(=O)COC(=O)c1ccc([N+](=O)[O-])cc1. The Hall–Kier alpha value is -2.44. The molecule has 1 aliphatic rings. The van der Waals surface area contributed by atoms with Crippen LogP contribution < -0.4 is 0 Å². The van der Waals surface area contributed by atoms with Crippen molar-refractivity contribution in [2.24, 2.45) is 0 Å². The molecule has 0 bridgehead atoms. The van der Waals surface area contributed by atoms with Crippen molar-refractivity contribution in [2.75, 3.05) is 6.61 Å². The van der Waals surface area contributed by atoms with Gasteiger partial charge >= 0.3 is 5.97 Å². The van der Waals surface area contributed by atoms with Crippen LogP contribution in [0.3, 0.4) is 0 Å².